The summed E-state index contributed by atoms with van der Waals surface area (Å²) in [7, 11) is 0. The van der Waals surface area contributed by atoms with Crippen molar-refractivity contribution in [3.05, 3.63) is 0 Å². The summed E-state index contributed by atoms with van der Waals surface area (Å²) in [4.78, 5) is 24.4. The van der Waals surface area contributed by atoms with Gasteiger partial charge in [-0.3, -0.25) is 19.8 Å². The zero-order valence-electron chi connectivity index (χ0n) is 7.58. The SMILES string of the molecule is O=C1CC(N2CCCCC2)C(=O)N1. The number of carbonyl (C=O) groups excluding carboxylic acids is 2. The van der Waals surface area contributed by atoms with Gasteiger partial charge in [0.15, 0.2) is 0 Å². The first-order valence-corrected chi connectivity index (χ1v) is 4.85. The highest BCUT2D eigenvalue weighted by Gasteiger charge is 2.35. The second-order valence-electron chi connectivity index (χ2n) is 3.73. The molecule has 2 aliphatic rings. The number of hydrogen-bond donors (Lipinski definition) is 1. The minimum Gasteiger partial charge on any atom is -0.295 e. The van der Waals surface area contributed by atoms with Gasteiger partial charge in [0.25, 0.3) is 0 Å². The van der Waals surface area contributed by atoms with Gasteiger partial charge >= 0.3 is 0 Å². The summed E-state index contributed by atoms with van der Waals surface area (Å²) >= 11 is 0. The van der Waals surface area contributed by atoms with Crippen LogP contribution in [0, 0.1) is 0 Å². The molecule has 0 saturated carbocycles. The topological polar surface area (TPSA) is 49.4 Å². The molecule has 72 valence electrons. The van der Waals surface area contributed by atoms with Gasteiger partial charge < -0.3 is 0 Å². The predicted molar refractivity (Wildman–Crippen MR) is 47.0 cm³/mol. The van der Waals surface area contributed by atoms with E-state index in [1.807, 2.05) is 0 Å². The first-order chi connectivity index (χ1) is 6.27. The normalized spacial score (nSPS) is 30.6. The van der Waals surface area contributed by atoms with Crippen molar-refractivity contribution < 1.29 is 9.59 Å². The molecule has 1 atom stereocenters. The van der Waals surface area contributed by atoms with E-state index in [9.17, 15) is 9.59 Å². The Hall–Kier alpha value is -0.900. The van der Waals surface area contributed by atoms with Crippen LogP contribution in [0.4, 0.5) is 0 Å². The number of rotatable bonds is 1. The molecule has 0 aromatic rings. The highest BCUT2D eigenvalue weighted by molar-refractivity contribution is 6.05. The van der Waals surface area contributed by atoms with Gasteiger partial charge in [0.2, 0.25) is 11.8 Å². The van der Waals surface area contributed by atoms with Gasteiger partial charge in [0.1, 0.15) is 0 Å². The lowest BCUT2D eigenvalue weighted by atomic mass is 10.1. The Kier molecular flexibility index (Phi) is 2.31. The van der Waals surface area contributed by atoms with Crippen molar-refractivity contribution >= 4 is 11.8 Å². The number of nitrogens with zero attached hydrogens (tertiary/aromatic N) is 1. The Morgan fingerprint density at radius 1 is 1.15 bits per heavy atom. The van der Waals surface area contributed by atoms with Crippen LogP contribution in [0.3, 0.4) is 0 Å². The molecule has 0 aromatic heterocycles. The quantitative estimate of drug-likeness (QED) is 0.575. The van der Waals surface area contributed by atoms with E-state index in [1.54, 1.807) is 0 Å². The molecule has 1 N–H and O–H groups in total. The summed E-state index contributed by atoms with van der Waals surface area (Å²) < 4.78 is 0. The molecule has 0 aliphatic carbocycles. The summed E-state index contributed by atoms with van der Waals surface area (Å²) in [6.45, 7) is 1.93. The van der Waals surface area contributed by atoms with Gasteiger partial charge in [-0.1, -0.05) is 6.42 Å². The third-order valence-electron chi connectivity index (χ3n) is 2.78. The number of nitrogens with one attached hydrogen (secondary N) is 1. The van der Waals surface area contributed by atoms with E-state index in [1.165, 1.54) is 6.42 Å². The maximum Gasteiger partial charge on any atom is 0.244 e. The zero-order chi connectivity index (χ0) is 9.26. The van der Waals surface area contributed by atoms with Crippen LogP contribution in [0.25, 0.3) is 0 Å². The summed E-state index contributed by atoms with van der Waals surface area (Å²) in [5.74, 6) is -0.229. The molecule has 2 fully saturated rings. The molecular weight excluding hydrogens is 168 g/mol. The summed E-state index contributed by atoms with van der Waals surface area (Å²) in [5, 5.41) is 2.34. The van der Waals surface area contributed by atoms with Crippen molar-refractivity contribution in [3.8, 4) is 0 Å². The number of likely N-dealkylation sites (tertiary alicyclic amines) is 1. The van der Waals surface area contributed by atoms with Gasteiger partial charge in [-0.05, 0) is 25.9 Å². The van der Waals surface area contributed by atoms with Crippen LogP contribution in [-0.4, -0.2) is 35.8 Å². The van der Waals surface area contributed by atoms with Gasteiger partial charge in [0, 0.05) is 0 Å². The average Bonchev–Trinajstić information content (AvgIpc) is 2.47. The fourth-order valence-corrected chi connectivity index (χ4v) is 2.07. The molecule has 13 heavy (non-hydrogen) atoms. The Morgan fingerprint density at radius 3 is 2.38 bits per heavy atom. The molecule has 4 nitrogen and oxygen atoms in total. The second kappa shape index (κ2) is 3.46. The maximum absolute atomic E-state index is 11.3. The number of carbonyl (C=O) groups is 2. The van der Waals surface area contributed by atoms with E-state index in [0.29, 0.717) is 6.42 Å². The predicted octanol–water partition coefficient (Wildman–Crippen LogP) is -0.113. The number of piperidine rings is 1. The third kappa shape index (κ3) is 1.72. The lowest BCUT2D eigenvalue weighted by molar-refractivity contribution is -0.126. The largest absolute Gasteiger partial charge is 0.295 e. The third-order valence-corrected chi connectivity index (χ3v) is 2.78. The highest BCUT2D eigenvalue weighted by Crippen LogP contribution is 2.17. The number of imide groups is 1. The lowest BCUT2D eigenvalue weighted by Crippen LogP contribution is -2.43. The van der Waals surface area contributed by atoms with E-state index in [-0.39, 0.29) is 17.9 Å². The van der Waals surface area contributed by atoms with Crippen molar-refractivity contribution in [2.45, 2.75) is 31.7 Å². The van der Waals surface area contributed by atoms with Gasteiger partial charge in [0.05, 0.1) is 12.5 Å². The smallest absolute Gasteiger partial charge is 0.244 e. The monoisotopic (exact) mass is 182 g/mol. The van der Waals surface area contributed by atoms with Crippen molar-refractivity contribution in [2.24, 2.45) is 0 Å². The number of amides is 2. The first-order valence-electron chi connectivity index (χ1n) is 4.85. The summed E-state index contributed by atoms with van der Waals surface area (Å²) in [6.07, 6.45) is 3.91. The van der Waals surface area contributed by atoms with Crippen LogP contribution >= 0.6 is 0 Å². The van der Waals surface area contributed by atoms with Crippen LogP contribution < -0.4 is 5.32 Å². The fourth-order valence-electron chi connectivity index (χ4n) is 2.07. The average molecular weight is 182 g/mol. The number of hydrogen-bond acceptors (Lipinski definition) is 3. The van der Waals surface area contributed by atoms with Gasteiger partial charge in [-0.15, -0.1) is 0 Å². The van der Waals surface area contributed by atoms with E-state index in [4.69, 9.17) is 0 Å². The summed E-state index contributed by atoms with van der Waals surface area (Å²) in [5.41, 5.74) is 0. The Morgan fingerprint density at radius 2 is 1.85 bits per heavy atom. The minimum absolute atomic E-state index is 0.105. The molecule has 0 spiro atoms. The van der Waals surface area contributed by atoms with Crippen molar-refractivity contribution in [1.82, 2.24) is 10.2 Å². The molecule has 2 aliphatic heterocycles. The van der Waals surface area contributed by atoms with Crippen LogP contribution in [0.2, 0.25) is 0 Å². The first kappa shape index (κ1) is 8.69. The van der Waals surface area contributed by atoms with Crippen LogP contribution in [0.5, 0.6) is 0 Å². The fraction of sp³-hybridized carbons (Fsp3) is 0.778. The molecule has 0 aromatic carbocycles. The summed E-state index contributed by atoms with van der Waals surface area (Å²) in [6, 6.07) is -0.173. The van der Waals surface area contributed by atoms with Crippen LogP contribution in [-0.2, 0) is 9.59 Å². The van der Waals surface area contributed by atoms with E-state index in [2.05, 4.69) is 10.2 Å². The van der Waals surface area contributed by atoms with Crippen molar-refractivity contribution in [1.29, 1.82) is 0 Å². The lowest BCUT2D eigenvalue weighted by Gasteiger charge is -2.29. The standard InChI is InChI=1S/C9H14N2O2/c12-8-6-7(9(13)10-8)11-4-2-1-3-5-11/h7H,1-6H2,(H,10,12,13). The molecular formula is C9H14N2O2. The maximum atomic E-state index is 11.3. The van der Waals surface area contributed by atoms with E-state index < -0.39 is 0 Å². The molecule has 1 unspecified atom stereocenters. The molecule has 2 saturated heterocycles. The molecule has 2 rings (SSSR count). The zero-order valence-corrected chi connectivity index (χ0v) is 7.58. The molecule has 0 bridgehead atoms. The van der Waals surface area contributed by atoms with Crippen molar-refractivity contribution in [2.75, 3.05) is 13.1 Å². The second-order valence-corrected chi connectivity index (χ2v) is 3.73. The molecule has 4 heteroatoms. The van der Waals surface area contributed by atoms with Gasteiger partial charge in [-0.2, -0.15) is 0 Å². The Labute approximate surface area is 77.3 Å². The van der Waals surface area contributed by atoms with E-state index >= 15 is 0 Å². The van der Waals surface area contributed by atoms with E-state index in [0.717, 1.165) is 25.9 Å². The van der Waals surface area contributed by atoms with Crippen LogP contribution in [0.1, 0.15) is 25.7 Å². The van der Waals surface area contributed by atoms with Crippen molar-refractivity contribution in [3.63, 3.8) is 0 Å². The Balaban J connectivity index is 1.99. The van der Waals surface area contributed by atoms with Crippen LogP contribution in [0.15, 0.2) is 0 Å². The Bertz CT molecular complexity index is 234. The highest BCUT2D eigenvalue weighted by atomic mass is 16.2. The minimum atomic E-state index is -0.173. The molecule has 0 radical (unpaired) electrons. The molecule has 2 heterocycles. The molecule has 2 amide bonds. The van der Waals surface area contributed by atoms with Gasteiger partial charge in [-0.25, -0.2) is 0 Å².